The third-order valence-corrected chi connectivity index (χ3v) is 7.03. The molecule has 1 aromatic carbocycles. The maximum absolute atomic E-state index is 13.6. The number of fused-ring (bicyclic) bond motifs is 3. The van der Waals surface area contributed by atoms with Crippen LogP contribution in [-0.2, 0) is 24.9 Å². The van der Waals surface area contributed by atoms with E-state index in [9.17, 15) is 9.59 Å². The van der Waals surface area contributed by atoms with Crippen LogP contribution in [-0.4, -0.2) is 60.8 Å². The molecule has 1 aliphatic rings. The molecule has 0 amide bonds. The van der Waals surface area contributed by atoms with Crippen molar-refractivity contribution in [2.24, 2.45) is 7.05 Å². The lowest BCUT2D eigenvalue weighted by Gasteiger charge is -2.26. The summed E-state index contributed by atoms with van der Waals surface area (Å²) in [6.07, 6.45) is 0. The Morgan fingerprint density at radius 1 is 1.03 bits per heavy atom. The number of hydrogen-bond acceptors (Lipinski definition) is 5. The van der Waals surface area contributed by atoms with Gasteiger partial charge >= 0.3 is 5.69 Å². The van der Waals surface area contributed by atoms with Gasteiger partial charge in [0.15, 0.2) is 11.2 Å². The first-order valence-corrected chi connectivity index (χ1v) is 11.5. The Morgan fingerprint density at radius 2 is 1.76 bits per heavy atom. The summed E-state index contributed by atoms with van der Waals surface area (Å²) in [5.74, 6) is 0.677. The van der Waals surface area contributed by atoms with E-state index in [0.29, 0.717) is 22.0 Å². The van der Waals surface area contributed by atoms with E-state index in [1.165, 1.54) is 9.13 Å². The molecular formula is C23H27ClN6O3. The van der Waals surface area contributed by atoms with Gasteiger partial charge in [0.25, 0.3) is 5.56 Å². The average Bonchev–Trinajstić information content (AvgIpc) is 3.31. The van der Waals surface area contributed by atoms with Crippen molar-refractivity contribution in [2.75, 3.05) is 32.8 Å². The summed E-state index contributed by atoms with van der Waals surface area (Å²) in [5.41, 5.74) is 2.72. The van der Waals surface area contributed by atoms with Crippen molar-refractivity contribution in [2.45, 2.75) is 26.9 Å². The summed E-state index contributed by atoms with van der Waals surface area (Å²) in [5, 5.41) is 0.520. The molecular weight excluding hydrogens is 444 g/mol. The summed E-state index contributed by atoms with van der Waals surface area (Å²) >= 11 is 6.30. The highest BCUT2D eigenvalue weighted by Gasteiger charge is 2.23. The molecule has 0 atom stereocenters. The number of ether oxygens (including phenoxy) is 1. The molecule has 0 bridgehead atoms. The van der Waals surface area contributed by atoms with Crippen LogP contribution in [0.4, 0.5) is 0 Å². The number of nitrogens with zero attached hydrogens (tertiary/aromatic N) is 6. The molecule has 4 aromatic rings. The number of aryl methyl sites for hydroxylation is 2. The molecule has 4 heterocycles. The van der Waals surface area contributed by atoms with Gasteiger partial charge in [0.2, 0.25) is 5.78 Å². The minimum atomic E-state index is -0.414. The van der Waals surface area contributed by atoms with E-state index in [2.05, 4.69) is 9.47 Å². The van der Waals surface area contributed by atoms with Crippen molar-refractivity contribution in [3.8, 4) is 0 Å². The molecule has 1 aliphatic heterocycles. The van der Waals surface area contributed by atoms with E-state index < -0.39 is 5.69 Å². The zero-order valence-corrected chi connectivity index (χ0v) is 19.8. The standard InChI is InChI=1S/C23H27ClN6O3/c1-15-16(2)30-19-20(25-22(30)28(15)9-8-27-10-12-33-13-11-27)26(3)23(32)29(21(19)31)14-17-6-4-5-7-18(17)24/h4-7H,8-14H2,1-3H3. The smallest absolute Gasteiger partial charge is 0.332 e. The highest BCUT2D eigenvalue weighted by Crippen LogP contribution is 2.21. The van der Waals surface area contributed by atoms with Crippen LogP contribution in [0.25, 0.3) is 16.9 Å². The van der Waals surface area contributed by atoms with E-state index >= 15 is 0 Å². The Hall–Kier alpha value is -2.88. The SMILES string of the molecule is Cc1c(C)n2c3c(=O)n(Cc4ccccc4Cl)c(=O)n(C)c3nc2n1CCN1CCOCC1. The lowest BCUT2D eigenvalue weighted by molar-refractivity contribution is 0.0364. The van der Waals surface area contributed by atoms with Gasteiger partial charge in [-0.1, -0.05) is 29.8 Å². The van der Waals surface area contributed by atoms with Crippen LogP contribution in [0.1, 0.15) is 17.0 Å². The number of rotatable bonds is 5. The fourth-order valence-electron chi connectivity index (χ4n) is 4.59. The monoisotopic (exact) mass is 470 g/mol. The summed E-state index contributed by atoms with van der Waals surface area (Å²) in [6, 6.07) is 7.24. The predicted molar refractivity (Wildman–Crippen MR) is 127 cm³/mol. The molecule has 0 N–H and O–H groups in total. The molecule has 1 saturated heterocycles. The highest BCUT2D eigenvalue weighted by molar-refractivity contribution is 6.31. The van der Waals surface area contributed by atoms with Gasteiger partial charge in [-0.2, -0.15) is 4.98 Å². The first kappa shape index (κ1) is 21.9. The Labute approximate surface area is 195 Å². The lowest BCUT2D eigenvalue weighted by atomic mass is 10.2. The maximum atomic E-state index is 13.6. The van der Waals surface area contributed by atoms with E-state index in [1.54, 1.807) is 13.1 Å². The molecule has 1 fully saturated rings. The van der Waals surface area contributed by atoms with Gasteiger partial charge in [-0.25, -0.2) is 4.79 Å². The maximum Gasteiger partial charge on any atom is 0.332 e. The number of halogens is 1. The summed E-state index contributed by atoms with van der Waals surface area (Å²) in [7, 11) is 1.65. The third kappa shape index (κ3) is 3.60. The fourth-order valence-corrected chi connectivity index (χ4v) is 4.78. The van der Waals surface area contributed by atoms with Crippen molar-refractivity contribution in [3.05, 3.63) is 67.1 Å². The number of imidazole rings is 2. The van der Waals surface area contributed by atoms with Crippen molar-refractivity contribution >= 4 is 28.5 Å². The van der Waals surface area contributed by atoms with E-state index in [0.717, 1.165) is 56.3 Å². The zero-order chi connectivity index (χ0) is 23.3. The van der Waals surface area contributed by atoms with E-state index in [1.807, 2.05) is 36.4 Å². The van der Waals surface area contributed by atoms with Gasteiger partial charge in [-0.05, 0) is 25.5 Å². The first-order valence-electron chi connectivity index (χ1n) is 11.1. The summed E-state index contributed by atoms with van der Waals surface area (Å²) in [4.78, 5) is 33.8. The highest BCUT2D eigenvalue weighted by atomic mass is 35.5. The molecule has 5 rings (SSSR count). The Balaban J connectivity index is 1.65. The van der Waals surface area contributed by atoms with Crippen LogP contribution >= 0.6 is 11.6 Å². The Morgan fingerprint density at radius 3 is 2.48 bits per heavy atom. The van der Waals surface area contributed by atoms with Crippen molar-refractivity contribution < 1.29 is 4.74 Å². The topological polar surface area (TPSA) is 78.7 Å². The second-order valence-corrected chi connectivity index (χ2v) is 8.93. The van der Waals surface area contributed by atoms with E-state index in [4.69, 9.17) is 21.3 Å². The van der Waals surface area contributed by atoms with Gasteiger partial charge in [0.05, 0.1) is 19.8 Å². The number of aromatic nitrogens is 5. The van der Waals surface area contributed by atoms with Gasteiger partial charge < -0.3 is 9.30 Å². The normalized spacial score (nSPS) is 15.2. The summed E-state index contributed by atoms with van der Waals surface area (Å²) < 4.78 is 12.1. The molecule has 0 spiro atoms. The van der Waals surface area contributed by atoms with Crippen LogP contribution in [0.15, 0.2) is 33.9 Å². The molecule has 0 unspecified atom stereocenters. The summed E-state index contributed by atoms with van der Waals surface area (Å²) in [6.45, 7) is 9.06. The molecule has 9 nitrogen and oxygen atoms in total. The van der Waals surface area contributed by atoms with Gasteiger partial charge in [0, 0.05) is 49.6 Å². The number of morpholine rings is 1. The second kappa shape index (κ2) is 8.48. The lowest BCUT2D eigenvalue weighted by Crippen LogP contribution is -2.39. The molecule has 10 heteroatoms. The van der Waals surface area contributed by atoms with Crippen molar-refractivity contribution in [1.82, 2.24) is 28.0 Å². The van der Waals surface area contributed by atoms with Crippen molar-refractivity contribution in [1.29, 1.82) is 0 Å². The van der Waals surface area contributed by atoms with Crippen LogP contribution in [0, 0.1) is 13.8 Å². The van der Waals surface area contributed by atoms with Crippen LogP contribution in [0.5, 0.6) is 0 Å². The molecule has 33 heavy (non-hydrogen) atoms. The van der Waals surface area contributed by atoms with Gasteiger partial charge in [-0.15, -0.1) is 0 Å². The van der Waals surface area contributed by atoms with E-state index in [-0.39, 0.29) is 12.1 Å². The molecule has 0 radical (unpaired) electrons. The zero-order valence-electron chi connectivity index (χ0n) is 19.0. The molecule has 174 valence electrons. The number of hydrogen-bond donors (Lipinski definition) is 0. The Bertz CT molecular complexity index is 1470. The molecule has 0 aliphatic carbocycles. The first-order chi connectivity index (χ1) is 15.9. The van der Waals surface area contributed by atoms with Crippen molar-refractivity contribution in [3.63, 3.8) is 0 Å². The second-order valence-electron chi connectivity index (χ2n) is 8.52. The fraction of sp³-hybridized carbons (Fsp3) is 0.435. The Kier molecular flexibility index (Phi) is 5.64. The number of benzene rings is 1. The minimum absolute atomic E-state index is 0.101. The van der Waals surface area contributed by atoms with Gasteiger partial charge in [0.1, 0.15) is 0 Å². The van der Waals surface area contributed by atoms with Crippen LogP contribution in [0.3, 0.4) is 0 Å². The van der Waals surface area contributed by atoms with Crippen LogP contribution < -0.4 is 11.2 Å². The largest absolute Gasteiger partial charge is 0.379 e. The van der Waals surface area contributed by atoms with Crippen LogP contribution in [0.2, 0.25) is 5.02 Å². The molecule has 0 saturated carbocycles. The van der Waals surface area contributed by atoms with Gasteiger partial charge in [-0.3, -0.25) is 23.2 Å². The predicted octanol–water partition coefficient (Wildman–Crippen LogP) is 1.80. The minimum Gasteiger partial charge on any atom is -0.379 e. The third-order valence-electron chi connectivity index (χ3n) is 6.66. The quantitative estimate of drug-likeness (QED) is 0.444. The molecule has 3 aromatic heterocycles. The average molecular weight is 471 g/mol.